The molecule has 0 radical (unpaired) electrons. The molecule has 0 aromatic heterocycles. The first-order chi connectivity index (χ1) is 8.83. The SMILES string of the molecule is CC(C)NS(=O)(=O)c1cc(F)cc2c1OC(CN)C2. The van der Waals surface area contributed by atoms with Crippen LogP contribution in [0.15, 0.2) is 17.0 Å². The maximum Gasteiger partial charge on any atom is 0.244 e. The maximum atomic E-state index is 13.5. The van der Waals surface area contributed by atoms with Gasteiger partial charge in [-0.25, -0.2) is 17.5 Å². The molecule has 1 unspecified atom stereocenters. The van der Waals surface area contributed by atoms with Gasteiger partial charge in [0, 0.05) is 24.6 Å². The van der Waals surface area contributed by atoms with E-state index in [1.807, 2.05) is 0 Å². The Kier molecular flexibility index (Phi) is 3.80. The first-order valence-electron chi connectivity index (χ1n) is 6.05. The number of fused-ring (bicyclic) bond motifs is 1. The third-order valence-electron chi connectivity index (χ3n) is 2.77. The third-order valence-corrected chi connectivity index (χ3v) is 4.44. The number of hydrogen-bond donors (Lipinski definition) is 2. The van der Waals surface area contributed by atoms with Crippen LogP contribution in [0.5, 0.6) is 5.75 Å². The summed E-state index contributed by atoms with van der Waals surface area (Å²) in [6.45, 7) is 3.65. The number of hydrogen-bond acceptors (Lipinski definition) is 4. The van der Waals surface area contributed by atoms with Crippen molar-refractivity contribution in [3.63, 3.8) is 0 Å². The van der Waals surface area contributed by atoms with Crippen molar-refractivity contribution < 1.29 is 17.5 Å². The average Bonchev–Trinajstić information content (AvgIpc) is 2.68. The summed E-state index contributed by atoms with van der Waals surface area (Å²) in [5, 5.41) is 0. The first kappa shape index (κ1) is 14.2. The topological polar surface area (TPSA) is 81.4 Å². The molecule has 0 spiro atoms. The van der Waals surface area contributed by atoms with E-state index in [-0.39, 0.29) is 29.3 Å². The third kappa shape index (κ3) is 2.88. The number of benzene rings is 1. The molecule has 1 aliphatic heterocycles. The quantitative estimate of drug-likeness (QED) is 0.857. The highest BCUT2D eigenvalue weighted by atomic mass is 32.2. The van der Waals surface area contributed by atoms with Crippen molar-refractivity contribution in [3.05, 3.63) is 23.5 Å². The highest BCUT2D eigenvalue weighted by Crippen LogP contribution is 2.36. The Morgan fingerprint density at radius 2 is 2.21 bits per heavy atom. The summed E-state index contributed by atoms with van der Waals surface area (Å²) < 4.78 is 45.8. The van der Waals surface area contributed by atoms with Crippen molar-refractivity contribution in [2.75, 3.05) is 6.54 Å². The van der Waals surface area contributed by atoms with E-state index in [1.165, 1.54) is 6.07 Å². The van der Waals surface area contributed by atoms with Gasteiger partial charge in [0.2, 0.25) is 10.0 Å². The van der Waals surface area contributed by atoms with Gasteiger partial charge in [-0.3, -0.25) is 0 Å². The van der Waals surface area contributed by atoms with Crippen molar-refractivity contribution in [2.45, 2.75) is 37.3 Å². The predicted molar refractivity (Wildman–Crippen MR) is 69.0 cm³/mol. The van der Waals surface area contributed by atoms with E-state index in [9.17, 15) is 12.8 Å². The van der Waals surface area contributed by atoms with Gasteiger partial charge >= 0.3 is 0 Å². The summed E-state index contributed by atoms with van der Waals surface area (Å²) in [6.07, 6.45) is 0.123. The minimum Gasteiger partial charge on any atom is -0.487 e. The minimum atomic E-state index is -3.79. The van der Waals surface area contributed by atoms with E-state index in [4.69, 9.17) is 10.5 Å². The molecule has 1 aliphatic rings. The molecule has 1 atom stereocenters. The number of rotatable bonds is 4. The lowest BCUT2D eigenvalue weighted by molar-refractivity contribution is 0.236. The van der Waals surface area contributed by atoms with Crippen LogP contribution in [0.2, 0.25) is 0 Å². The van der Waals surface area contributed by atoms with Gasteiger partial charge in [0.15, 0.2) is 0 Å². The maximum absolute atomic E-state index is 13.5. The Morgan fingerprint density at radius 3 is 2.79 bits per heavy atom. The van der Waals surface area contributed by atoms with E-state index >= 15 is 0 Å². The second-order valence-corrected chi connectivity index (χ2v) is 6.53. The Hall–Kier alpha value is -1.18. The van der Waals surface area contributed by atoms with Gasteiger partial charge in [-0.2, -0.15) is 0 Å². The zero-order valence-corrected chi connectivity index (χ0v) is 11.6. The van der Waals surface area contributed by atoms with Gasteiger partial charge < -0.3 is 10.5 Å². The number of nitrogens with two attached hydrogens (primary N) is 1. The molecule has 19 heavy (non-hydrogen) atoms. The molecule has 0 saturated heterocycles. The molecule has 0 bridgehead atoms. The molecule has 1 aromatic rings. The van der Waals surface area contributed by atoms with E-state index < -0.39 is 15.8 Å². The summed E-state index contributed by atoms with van der Waals surface area (Å²) in [6, 6.07) is 1.98. The van der Waals surface area contributed by atoms with Crippen LogP contribution in [-0.4, -0.2) is 27.1 Å². The zero-order valence-electron chi connectivity index (χ0n) is 10.8. The molecule has 3 N–H and O–H groups in total. The van der Waals surface area contributed by atoms with Crippen molar-refractivity contribution in [1.29, 1.82) is 0 Å². The summed E-state index contributed by atoms with van der Waals surface area (Å²) >= 11 is 0. The second kappa shape index (κ2) is 5.07. The highest BCUT2D eigenvalue weighted by Gasteiger charge is 2.31. The van der Waals surface area contributed by atoms with Gasteiger partial charge in [-0.1, -0.05) is 0 Å². The Labute approximate surface area is 112 Å². The normalized spacial score (nSPS) is 18.5. The number of halogens is 1. The molecule has 7 heteroatoms. The summed E-state index contributed by atoms with van der Waals surface area (Å²) in [5.74, 6) is -0.380. The molecule has 2 rings (SSSR count). The average molecular weight is 288 g/mol. The van der Waals surface area contributed by atoms with Crippen molar-refractivity contribution >= 4 is 10.0 Å². The van der Waals surface area contributed by atoms with Crippen molar-refractivity contribution in [2.24, 2.45) is 5.73 Å². The second-order valence-electron chi connectivity index (χ2n) is 4.85. The van der Waals surface area contributed by atoms with Crippen LogP contribution in [-0.2, 0) is 16.4 Å². The fraction of sp³-hybridized carbons (Fsp3) is 0.500. The van der Waals surface area contributed by atoms with Crippen molar-refractivity contribution in [3.8, 4) is 5.75 Å². The Bertz CT molecular complexity index is 587. The highest BCUT2D eigenvalue weighted by molar-refractivity contribution is 7.89. The van der Waals surface area contributed by atoms with Crippen LogP contribution >= 0.6 is 0 Å². The summed E-state index contributed by atoms with van der Waals surface area (Å²) in [4.78, 5) is -0.160. The largest absolute Gasteiger partial charge is 0.487 e. The lowest BCUT2D eigenvalue weighted by Gasteiger charge is -2.13. The van der Waals surface area contributed by atoms with Crippen LogP contribution in [0.25, 0.3) is 0 Å². The molecular weight excluding hydrogens is 271 g/mol. The Morgan fingerprint density at radius 1 is 1.53 bits per heavy atom. The van der Waals surface area contributed by atoms with Gasteiger partial charge in [0.25, 0.3) is 0 Å². The number of nitrogens with one attached hydrogen (secondary N) is 1. The molecule has 5 nitrogen and oxygen atoms in total. The zero-order chi connectivity index (χ0) is 14.2. The van der Waals surface area contributed by atoms with Gasteiger partial charge in [-0.05, 0) is 26.0 Å². The fourth-order valence-corrected chi connectivity index (χ4v) is 3.51. The van der Waals surface area contributed by atoms with Crippen LogP contribution in [0.3, 0.4) is 0 Å². The molecule has 106 valence electrons. The van der Waals surface area contributed by atoms with Crippen LogP contribution in [0.4, 0.5) is 4.39 Å². The van der Waals surface area contributed by atoms with E-state index in [2.05, 4.69) is 4.72 Å². The molecule has 0 fully saturated rings. The summed E-state index contributed by atoms with van der Waals surface area (Å²) in [7, 11) is -3.79. The van der Waals surface area contributed by atoms with Crippen molar-refractivity contribution in [1.82, 2.24) is 4.72 Å². The molecule has 0 amide bonds. The first-order valence-corrected chi connectivity index (χ1v) is 7.53. The molecule has 1 aromatic carbocycles. The molecule has 1 heterocycles. The molecule has 0 saturated carbocycles. The van der Waals surface area contributed by atoms with Crippen LogP contribution < -0.4 is 15.2 Å². The number of sulfonamides is 1. The molecule has 0 aliphatic carbocycles. The van der Waals surface area contributed by atoms with Crippen LogP contribution in [0.1, 0.15) is 19.4 Å². The van der Waals surface area contributed by atoms with Gasteiger partial charge in [0.05, 0.1) is 0 Å². The molecular formula is C12H17FN2O3S. The minimum absolute atomic E-state index is 0.160. The number of ether oxygens (including phenoxy) is 1. The Balaban J connectivity index is 2.49. The predicted octanol–water partition coefficient (Wildman–Crippen LogP) is 0.775. The lowest BCUT2D eigenvalue weighted by Crippen LogP contribution is -2.31. The van der Waals surface area contributed by atoms with E-state index in [0.29, 0.717) is 12.0 Å². The van der Waals surface area contributed by atoms with Crippen LogP contribution in [0, 0.1) is 5.82 Å². The van der Waals surface area contributed by atoms with Gasteiger partial charge in [-0.15, -0.1) is 0 Å². The van der Waals surface area contributed by atoms with E-state index in [0.717, 1.165) is 6.07 Å². The fourth-order valence-electron chi connectivity index (χ4n) is 2.07. The van der Waals surface area contributed by atoms with Gasteiger partial charge in [0.1, 0.15) is 22.6 Å². The monoisotopic (exact) mass is 288 g/mol. The smallest absolute Gasteiger partial charge is 0.244 e. The summed E-state index contributed by atoms with van der Waals surface area (Å²) in [5.41, 5.74) is 6.05. The standard InChI is InChI=1S/C12H17FN2O3S/c1-7(2)15-19(16,17)11-5-9(13)3-8-4-10(6-14)18-12(8)11/h3,5,7,10,15H,4,6,14H2,1-2H3. The van der Waals surface area contributed by atoms with E-state index in [1.54, 1.807) is 13.8 Å². The lowest BCUT2D eigenvalue weighted by atomic mass is 10.1.